The van der Waals surface area contributed by atoms with Gasteiger partial charge in [-0.3, -0.25) is 14.4 Å². The van der Waals surface area contributed by atoms with Gasteiger partial charge >= 0.3 is 5.97 Å². The topological polar surface area (TPSA) is 204 Å². The number of ether oxygens (including phenoxy) is 5. The van der Waals surface area contributed by atoms with Crippen molar-refractivity contribution < 1.29 is 58.2 Å². The van der Waals surface area contributed by atoms with Crippen LogP contribution in [0.5, 0.6) is 0 Å². The maximum absolute atomic E-state index is 14.4. The van der Waals surface area contributed by atoms with Gasteiger partial charge in [0.15, 0.2) is 0 Å². The monoisotopic (exact) mass is 895 g/mol. The third-order valence-electron chi connectivity index (χ3n) is 13.6. The zero-order valence-electron chi connectivity index (χ0n) is 38.8. The average Bonchev–Trinajstić information content (AvgIpc) is 3.24. The maximum atomic E-state index is 14.4. The number of aliphatic hydroxyl groups is 3. The second-order valence-corrected chi connectivity index (χ2v) is 20.1. The number of hydrogen-bond acceptors (Lipinski definition) is 14. The van der Waals surface area contributed by atoms with Crippen molar-refractivity contribution in [2.24, 2.45) is 35.3 Å². The molecule has 1 amide bonds. The predicted octanol–water partition coefficient (Wildman–Crippen LogP) is 4.92. The number of rotatable bonds is 11. The lowest BCUT2D eigenvalue weighted by Gasteiger charge is -2.47. The van der Waals surface area contributed by atoms with Crippen molar-refractivity contribution in [2.45, 2.75) is 179 Å². The van der Waals surface area contributed by atoms with E-state index < -0.39 is 83.9 Å². The number of cyclic esters (lactones) is 1. The van der Waals surface area contributed by atoms with E-state index >= 15 is 0 Å². The van der Waals surface area contributed by atoms with E-state index in [4.69, 9.17) is 29.4 Å². The van der Waals surface area contributed by atoms with Gasteiger partial charge in [-0.2, -0.15) is 11.8 Å². The summed E-state index contributed by atoms with van der Waals surface area (Å²) in [6, 6.07) is -1.08. The summed E-state index contributed by atoms with van der Waals surface area (Å²) in [7, 11) is 4.64. The molecule has 0 aromatic rings. The molecule has 1 saturated carbocycles. The Hall–Kier alpha value is -2.21. The second kappa shape index (κ2) is 24.4. The lowest BCUT2D eigenvalue weighted by Crippen LogP contribution is -2.64. The van der Waals surface area contributed by atoms with Crippen LogP contribution in [0, 0.1) is 29.6 Å². The van der Waals surface area contributed by atoms with Gasteiger partial charge in [0.25, 0.3) is 11.7 Å². The van der Waals surface area contributed by atoms with Crippen LogP contribution >= 0.6 is 11.8 Å². The fourth-order valence-corrected chi connectivity index (χ4v) is 10.9. The number of ketones is 2. The largest absolute Gasteiger partial charge is 0.456 e. The first-order valence-corrected chi connectivity index (χ1v) is 24.1. The molecule has 2 bridgehead atoms. The number of thioether (sulfide) groups is 1. The van der Waals surface area contributed by atoms with E-state index in [1.54, 1.807) is 32.7 Å². The molecule has 1 aliphatic carbocycles. The minimum Gasteiger partial charge on any atom is -0.456 e. The Morgan fingerprint density at radius 2 is 1.65 bits per heavy atom. The van der Waals surface area contributed by atoms with Gasteiger partial charge < -0.3 is 49.6 Å². The molecule has 15 atom stereocenters. The van der Waals surface area contributed by atoms with Crippen LogP contribution in [0.15, 0.2) is 23.3 Å². The molecule has 0 spiro atoms. The third-order valence-corrected chi connectivity index (χ3v) is 15.0. The Kier molecular flexibility index (Phi) is 20.6. The van der Waals surface area contributed by atoms with Gasteiger partial charge in [0, 0.05) is 63.8 Å². The lowest BCUT2D eigenvalue weighted by atomic mass is 9.81. The molecule has 0 aromatic carbocycles. The number of nitrogens with two attached hydrogens (primary N) is 1. The van der Waals surface area contributed by atoms with Crippen molar-refractivity contribution in [1.29, 1.82) is 0 Å². The predicted molar refractivity (Wildman–Crippen MR) is 238 cm³/mol. The number of nitrogens with zero attached hydrogens (tertiary/aromatic N) is 1. The van der Waals surface area contributed by atoms with Gasteiger partial charge in [-0.05, 0) is 115 Å². The minimum atomic E-state index is -2.51. The van der Waals surface area contributed by atoms with Crippen LogP contribution in [-0.2, 0) is 42.9 Å². The Bertz CT molecular complexity index is 1560. The molecule has 4 aliphatic rings. The van der Waals surface area contributed by atoms with Gasteiger partial charge in [-0.25, -0.2) is 4.79 Å². The first kappa shape index (κ1) is 52.4. The van der Waals surface area contributed by atoms with Crippen LogP contribution < -0.4 is 5.73 Å². The molecule has 3 heterocycles. The third kappa shape index (κ3) is 13.7. The van der Waals surface area contributed by atoms with E-state index in [0.29, 0.717) is 56.9 Å². The van der Waals surface area contributed by atoms with E-state index in [1.165, 1.54) is 19.1 Å². The average molecular weight is 895 g/mol. The smallest absolute Gasteiger partial charge is 0.329 e. The SMILES string of the molecule is CO[C@H]1C[C@@H](C)C/C(C)=C/[C@@H](CCCSC[C@@H](C)N)C(=O)C[C@H](O)[C@@H](C)[C@@H](/C(C)=C/[C@@H]2CC[C@@H](O)[C@H](OC)C2)OC(=O)[C@@H]2CCCCN2C(=O)C(=O)[C@]2(O)O[C@H]1[C@@H](OC)C[C@H]2C. The first-order valence-electron chi connectivity index (χ1n) is 23.0. The number of fused-ring (bicyclic) bond motifs is 3. The molecule has 5 N–H and O–H groups in total. The molecule has 0 aromatic heterocycles. The number of methoxy groups -OCH3 is 3. The number of aliphatic hydroxyl groups excluding tert-OH is 2. The molecule has 62 heavy (non-hydrogen) atoms. The Labute approximate surface area is 374 Å². The first-order chi connectivity index (χ1) is 29.3. The molecular weight excluding hydrogens is 817 g/mol. The number of Topliss-reactive ketones (excluding diaryl/α,β-unsaturated/α-hetero) is 2. The summed E-state index contributed by atoms with van der Waals surface area (Å²) in [5, 5.41) is 34.5. The molecular formula is C47H78N2O12S. The normalized spacial score (nSPS) is 39.2. The van der Waals surface area contributed by atoms with E-state index in [-0.39, 0.29) is 55.6 Å². The summed E-state index contributed by atoms with van der Waals surface area (Å²) in [6.07, 6.45) is 4.39. The summed E-state index contributed by atoms with van der Waals surface area (Å²) in [6.45, 7) is 11.3. The zero-order chi connectivity index (χ0) is 45.9. The molecule has 0 unspecified atom stereocenters. The minimum absolute atomic E-state index is 0.0125. The van der Waals surface area contributed by atoms with E-state index in [9.17, 15) is 34.5 Å². The van der Waals surface area contributed by atoms with Crippen molar-refractivity contribution in [3.05, 3.63) is 23.3 Å². The molecule has 15 heteroatoms. The standard InChI is InChI=1S/C47H78N2O12S/c1-27-19-28(2)21-40(58-8)43-41(59-9)23-30(4)47(56,61-43)44(53)45(54)49-17-11-10-14-35(49)46(55)60-42(29(3)22-33-15-16-36(50)39(24-33)57-7)32(6)37(51)25-38(52)34(20-27)13-12-18-62-26-31(5)48/h20,22,28,30-37,39-43,50-51,56H,10-19,21,23-26,48H2,1-9H3/b27-20+,29-22+/t28-,30+,31+,32+,33-,34+,35-,36+,37-,39+,40-,41-,42+,43+,47+/m0/s1. The number of carbonyl (C=O) groups excluding carboxylic acids is 4. The summed E-state index contributed by atoms with van der Waals surface area (Å²) < 4.78 is 30.0. The maximum Gasteiger partial charge on any atom is 0.329 e. The number of allylic oxidation sites excluding steroid dienone is 3. The van der Waals surface area contributed by atoms with Gasteiger partial charge in [-0.1, -0.05) is 38.5 Å². The van der Waals surface area contributed by atoms with Crippen molar-refractivity contribution in [1.82, 2.24) is 4.90 Å². The highest BCUT2D eigenvalue weighted by molar-refractivity contribution is 7.99. The van der Waals surface area contributed by atoms with E-state index in [0.717, 1.165) is 23.5 Å². The van der Waals surface area contributed by atoms with Crippen LogP contribution in [0.25, 0.3) is 0 Å². The quantitative estimate of drug-likeness (QED) is 0.0942. The lowest BCUT2D eigenvalue weighted by molar-refractivity contribution is -0.302. The van der Waals surface area contributed by atoms with Crippen molar-refractivity contribution in [3.8, 4) is 0 Å². The number of esters is 1. The van der Waals surface area contributed by atoms with Crippen molar-refractivity contribution in [3.63, 3.8) is 0 Å². The molecule has 3 aliphatic heterocycles. The Morgan fingerprint density at radius 3 is 2.31 bits per heavy atom. The number of hydrogen-bond donors (Lipinski definition) is 4. The summed E-state index contributed by atoms with van der Waals surface area (Å²) in [5.74, 6) is -5.96. The summed E-state index contributed by atoms with van der Waals surface area (Å²) >= 11 is 1.75. The van der Waals surface area contributed by atoms with Crippen LogP contribution in [0.2, 0.25) is 0 Å². The number of piperidine rings is 1. The fourth-order valence-electron chi connectivity index (χ4n) is 9.96. The van der Waals surface area contributed by atoms with E-state index in [1.807, 2.05) is 32.9 Å². The second-order valence-electron chi connectivity index (χ2n) is 18.9. The van der Waals surface area contributed by atoms with Crippen molar-refractivity contribution >= 4 is 35.2 Å². The highest BCUT2D eigenvalue weighted by atomic mass is 32.2. The van der Waals surface area contributed by atoms with Crippen LogP contribution in [0.4, 0.5) is 0 Å². The summed E-state index contributed by atoms with van der Waals surface area (Å²) in [4.78, 5) is 58.5. The molecule has 2 saturated heterocycles. The molecule has 0 radical (unpaired) electrons. The Morgan fingerprint density at radius 1 is 0.968 bits per heavy atom. The van der Waals surface area contributed by atoms with Gasteiger partial charge in [0.2, 0.25) is 5.79 Å². The zero-order valence-corrected chi connectivity index (χ0v) is 39.6. The highest BCUT2D eigenvalue weighted by Gasteiger charge is 2.56. The van der Waals surface area contributed by atoms with Crippen molar-refractivity contribution in [2.75, 3.05) is 39.4 Å². The van der Waals surface area contributed by atoms with Gasteiger partial charge in [0.05, 0.1) is 30.5 Å². The Balaban J connectivity index is 1.77. The summed E-state index contributed by atoms with van der Waals surface area (Å²) in [5.41, 5.74) is 7.64. The number of carbonyl (C=O) groups is 4. The van der Waals surface area contributed by atoms with Crippen LogP contribution in [0.3, 0.4) is 0 Å². The van der Waals surface area contributed by atoms with Crippen LogP contribution in [-0.4, -0.2) is 144 Å². The van der Waals surface area contributed by atoms with E-state index in [2.05, 4.69) is 6.92 Å². The van der Waals surface area contributed by atoms with Gasteiger partial charge in [-0.15, -0.1) is 0 Å². The highest BCUT2D eigenvalue weighted by Crippen LogP contribution is 2.39. The molecule has 14 nitrogen and oxygen atoms in total. The molecule has 354 valence electrons. The fraction of sp³-hybridized carbons (Fsp3) is 0.830. The molecule has 3 fully saturated rings. The number of amides is 1. The van der Waals surface area contributed by atoms with Crippen LogP contribution in [0.1, 0.15) is 119 Å². The van der Waals surface area contributed by atoms with Gasteiger partial charge in [0.1, 0.15) is 24.0 Å². The molecule has 4 rings (SSSR count).